The minimum Gasteiger partial charge on any atom is -0.394 e. The van der Waals surface area contributed by atoms with Gasteiger partial charge in [0.05, 0.1) is 15.7 Å². The van der Waals surface area contributed by atoms with Gasteiger partial charge in [0.15, 0.2) is 0 Å². The van der Waals surface area contributed by atoms with E-state index in [-0.39, 0.29) is 12.6 Å². The highest BCUT2D eigenvalue weighted by Crippen LogP contribution is 2.31. The van der Waals surface area contributed by atoms with Crippen molar-refractivity contribution in [1.82, 2.24) is 4.98 Å². The van der Waals surface area contributed by atoms with Crippen LogP contribution in [0.2, 0.25) is 0 Å². The van der Waals surface area contributed by atoms with Gasteiger partial charge in [-0.3, -0.25) is 0 Å². The van der Waals surface area contributed by atoms with E-state index in [1.807, 2.05) is 0 Å². The van der Waals surface area contributed by atoms with E-state index in [9.17, 15) is 13.2 Å². The van der Waals surface area contributed by atoms with E-state index in [1.165, 1.54) is 0 Å². The molecule has 1 atom stereocenters. The molecule has 3 nitrogen and oxygen atoms in total. The van der Waals surface area contributed by atoms with Gasteiger partial charge in [0.1, 0.15) is 5.82 Å². The van der Waals surface area contributed by atoms with Crippen LogP contribution in [0.5, 0.6) is 0 Å². The van der Waals surface area contributed by atoms with Crippen molar-refractivity contribution in [3.8, 4) is 0 Å². The molecule has 0 saturated carbocycles. The molecule has 1 heterocycles. The second kappa shape index (κ2) is 5.17. The third kappa shape index (κ3) is 3.48. The fraction of sp³-hybridized carbons (Fsp3) is 0.444. The third-order valence-electron chi connectivity index (χ3n) is 1.83. The lowest BCUT2D eigenvalue weighted by atomic mass is 10.2. The van der Waals surface area contributed by atoms with E-state index < -0.39 is 11.7 Å². The lowest BCUT2D eigenvalue weighted by Gasteiger charge is -2.14. The minimum absolute atomic E-state index is 0.112. The molecular weight excluding hydrogens is 336 g/mol. The molecule has 0 saturated heterocycles. The van der Waals surface area contributed by atoms with Gasteiger partial charge in [0, 0.05) is 12.2 Å². The number of hydrogen-bond donors (Lipinski definition) is 2. The van der Waals surface area contributed by atoms with Crippen molar-refractivity contribution in [2.75, 3.05) is 11.9 Å². The normalized spacial score (nSPS) is 13.6. The van der Waals surface area contributed by atoms with Crippen LogP contribution in [0.15, 0.2) is 12.3 Å². The minimum atomic E-state index is -4.38. The zero-order valence-corrected chi connectivity index (χ0v) is 10.5. The van der Waals surface area contributed by atoms with E-state index in [0.29, 0.717) is 9.39 Å². The van der Waals surface area contributed by atoms with Gasteiger partial charge < -0.3 is 10.4 Å². The standard InChI is InChI=1S/C9H10F3IN2O/c1-5(4-16)15-8-7(13)2-6(3-14-8)9(10,11)12/h2-3,5,16H,4H2,1H3,(H,14,15). The topological polar surface area (TPSA) is 45.1 Å². The predicted molar refractivity (Wildman–Crippen MR) is 62.1 cm³/mol. The number of alkyl halides is 3. The SMILES string of the molecule is CC(CO)Nc1ncc(C(F)(F)F)cc1I. The summed E-state index contributed by atoms with van der Waals surface area (Å²) in [6.07, 6.45) is -3.61. The van der Waals surface area contributed by atoms with Gasteiger partial charge in [0.25, 0.3) is 0 Å². The van der Waals surface area contributed by atoms with E-state index in [2.05, 4.69) is 10.3 Å². The molecule has 0 radical (unpaired) electrons. The van der Waals surface area contributed by atoms with Crippen molar-refractivity contribution in [3.63, 3.8) is 0 Å². The first-order valence-electron chi connectivity index (χ1n) is 4.44. The quantitative estimate of drug-likeness (QED) is 0.827. The summed E-state index contributed by atoms with van der Waals surface area (Å²) in [5, 5.41) is 11.6. The number of aliphatic hydroxyl groups excluding tert-OH is 1. The summed E-state index contributed by atoms with van der Waals surface area (Å²) in [7, 11) is 0. The van der Waals surface area contributed by atoms with Crippen LogP contribution in [-0.2, 0) is 6.18 Å². The van der Waals surface area contributed by atoms with Gasteiger partial charge >= 0.3 is 6.18 Å². The molecule has 1 aromatic rings. The molecule has 0 aliphatic heterocycles. The molecule has 0 aliphatic carbocycles. The van der Waals surface area contributed by atoms with Crippen molar-refractivity contribution in [2.45, 2.75) is 19.1 Å². The summed E-state index contributed by atoms with van der Waals surface area (Å²) in [5.74, 6) is 0.343. The first-order chi connectivity index (χ1) is 7.34. The number of nitrogens with one attached hydrogen (secondary N) is 1. The van der Waals surface area contributed by atoms with Gasteiger partial charge in [0.2, 0.25) is 0 Å². The molecule has 90 valence electrons. The van der Waals surface area contributed by atoms with E-state index in [0.717, 1.165) is 12.3 Å². The highest BCUT2D eigenvalue weighted by atomic mass is 127. The van der Waals surface area contributed by atoms with Crippen LogP contribution in [0.1, 0.15) is 12.5 Å². The Hall–Kier alpha value is -0.570. The number of rotatable bonds is 3. The maximum atomic E-state index is 12.3. The molecule has 1 unspecified atom stereocenters. The maximum absolute atomic E-state index is 12.3. The maximum Gasteiger partial charge on any atom is 0.417 e. The smallest absolute Gasteiger partial charge is 0.394 e. The Labute approximate surface area is 104 Å². The lowest BCUT2D eigenvalue weighted by Crippen LogP contribution is -2.21. The molecule has 16 heavy (non-hydrogen) atoms. The van der Waals surface area contributed by atoms with Crippen molar-refractivity contribution in [2.24, 2.45) is 0 Å². The number of hydrogen-bond acceptors (Lipinski definition) is 3. The lowest BCUT2D eigenvalue weighted by molar-refractivity contribution is -0.137. The Bertz CT molecular complexity index is 370. The van der Waals surface area contributed by atoms with E-state index >= 15 is 0 Å². The van der Waals surface area contributed by atoms with Crippen LogP contribution >= 0.6 is 22.6 Å². The third-order valence-corrected chi connectivity index (χ3v) is 2.65. The van der Waals surface area contributed by atoms with Crippen molar-refractivity contribution >= 4 is 28.4 Å². The Morgan fingerprint density at radius 2 is 2.19 bits per heavy atom. The molecule has 0 aromatic carbocycles. The molecular formula is C9H10F3IN2O. The number of anilines is 1. The molecule has 0 spiro atoms. The average Bonchev–Trinajstić information content (AvgIpc) is 2.19. The average molecular weight is 346 g/mol. The number of aliphatic hydroxyl groups is 1. The number of halogens is 4. The van der Waals surface area contributed by atoms with Crippen LogP contribution in [0, 0.1) is 3.57 Å². The zero-order chi connectivity index (χ0) is 12.3. The van der Waals surface area contributed by atoms with Gasteiger partial charge in [-0.25, -0.2) is 4.98 Å². The summed E-state index contributed by atoms with van der Waals surface area (Å²) in [6, 6.07) is 0.762. The fourth-order valence-corrected chi connectivity index (χ4v) is 1.61. The van der Waals surface area contributed by atoms with Gasteiger partial charge in [-0.1, -0.05) is 0 Å². The van der Waals surface area contributed by atoms with Crippen molar-refractivity contribution in [1.29, 1.82) is 0 Å². The molecule has 2 N–H and O–H groups in total. The Morgan fingerprint density at radius 1 is 1.56 bits per heavy atom. The number of pyridine rings is 1. The molecule has 1 rings (SSSR count). The first kappa shape index (κ1) is 13.5. The second-order valence-corrected chi connectivity index (χ2v) is 4.44. The first-order valence-corrected chi connectivity index (χ1v) is 5.52. The monoisotopic (exact) mass is 346 g/mol. The summed E-state index contributed by atoms with van der Waals surface area (Å²) in [6.45, 7) is 1.59. The molecule has 0 bridgehead atoms. The summed E-state index contributed by atoms with van der Waals surface area (Å²) in [4.78, 5) is 3.68. The van der Waals surface area contributed by atoms with Crippen molar-refractivity contribution in [3.05, 3.63) is 21.4 Å². The second-order valence-electron chi connectivity index (χ2n) is 3.28. The Kier molecular flexibility index (Phi) is 4.36. The van der Waals surface area contributed by atoms with Crippen LogP contribution in [0.25, 0.3) is 0 Å². The zero-order valence-electron chi connectivity index (χ0n) is 8.35. The van der Waals surface area contributed by atoms with Crippen LogP contribution < -0.4 is 5.32 Å². The van der Waals surface area contributed by atoms with Gasteiger partial charge in [-0.2, -0.15) is 13.2 Å². The van der Waals surface area contributed by atoms with Gasteiger partial charge in [-0.05, 0) is 35.6 Å². The highest BCUT2D eigenvalue weighted by Gasteiger charge is 2.31. The highest BCUT2D eigenvalue weighted by molar-refractivity contribution is 14.1. The van der Waals surface area contributed by atoms with Crippen LogP contribution in [-0.4, -0.2) is 22.7 Å². The molecule has 0 aliphatic rings. The van der Waals surface area contributed by atoms with Crippen LogP contribution in [0.4, 0.5) is 19.0 Å². The Balaban J connectivity index is 2.92. The van der Waals surface area contributed by atoms with E-state index in [1.54, 1.807) is 29.5 Å². The van der Waals surface area contributed by atoms with Gasteiger partial charge in [-0.15, -0.1) is 0 Å². The summed E-state index contributed by atoms with van der Waals surface area (Å²) in [5.41, 5.74) is -0.779. The molecule has 7 heteroatoms. The molecule has 1 aromatic heterocycles. The van der Waals surface area contributed by atoms with Crippen molar-refractivity contribution < 1.29 is 18.3 Å². The summed E-state index contributed by atoms with van der Waals surface area (Å²) < 4.78 is 37.3. The molecule has 0 fully saturated rings. The molecule has 0 amide bonds. The summed E-state index contributed by atoms with van der Waals surface area (Å²) >= 11 is 1.77. The van der Waals surface area contributed by atoms with E-state index in [4.69, 9.17) is 5.11 Å². The Morgan fingerprint density at radius 3 is 2.62 bits per heavy atom. The largest absolute Gasteiger partial charge is 0.417 e. The fourth-order valence-electron chi connectivity index (χ4n) is 0.978. The number of nitrogens with zero attached hydrogens (tertiary/aromatic N) is 1. The predicted octanol–water partition coefficient (Wildman–Crippen LogP) is 2.50. The number of aromatic nitrogens is 1. The van der Waals surface area contributed by atoms with Crippen LogP contribution in [0.3, 0.4) is 0 Å².